The third-order valence-corrected chi connectivity index (χ3v) is 9.65. The van der Waals surface area contributed by atoms with Gasteiger partial charge in [-0.2, -0.15) is 0 Å². The van der Waals surface area contributed by atoms with Crippen molar-refractivity contribution < 1.29 is 37.9 Å². The molecule has 2 heterocycles. The van der Waals surface area contributed by atoms with Crippen molar-refractivity contribution in [3.63, 3.8) is 0 Å². The maximum Gasteiger partial charge on any atom is 0.186 e. The Balaban J connectivity index is 1.32. The van der Waals surface area contributed by atoms with Gasteiger partial charge in [-0.05, 0) is 48.1 Å². The molecule has 2 aliphatic heterocycles. The van der Waals surface area contributed by atoms with E-state index >= 15 is 0 Å². The number of benzene rings is 4. The van der Waals surface area contributed by atoms with E-state index in [1.807, 2.05) is 135 Å². The maximum absolute atomic E-state index is 9.68. The van der Waals surface area contributed by atoms with E-state index in [-0.39, 0.29) is 25.9 Å². The molecular formula is C44H53N3O8. The van der Waals surface area contributed by atoms with Gasteiger partial charge in [0.1, 0.15) is 24.4 Å². The topological polar surface area (TPSA) is 123 Å². The summed E-state index contributed by atoms with van der Waals surface area (Å²) in [4.78, 5) is 3.18. The minimum absolute atomic E-state index is 0.0111. The van der Waals surface area contributed by atoms with Crippen LogP contribution in [0.3, 0.4) is 0 Å². The predicted molar refractivity (Wildman–Crippen MR) is 207 cm³/mol. The standard InChI is InChI=1S/C44H53N3O8/c1-4-17-37-39(55-44(2,3)54-37)36(46-47-45)30-52-43-42(51-29-35-24-15-8-16-25-35)41(50-28-34-22-13-7-14-23-34)40(49-27-33-20-11-6-12-21-33)38(53-43)31-48-26-32-18-9-5-10-19-32/h5-16,18-25,36-43H,4,17,26-31H2,1-3H3/t36-,37-,38?,39+,40?,41?,42?,43?/m1/s1. The third kappa shape index (κ3) is 11.9. The lowest BCUT2D eigenvalue weighted by atomic mass is 9.97. The van der Waals surface area contributed by atoms with Crippen LogP contribution >= 0.6 is 0 Å². The Morgan fingerprint density at radius 1 is 0.636 bits per heavy atom. The highest BCUT2D eigenvalue weighted by molar-refractivity contribution is 5.16. The third-order valence-electron chi connectivity index (χ3n) is 9.65. The fraction of sp³-hybridized carbons (Fsp3) is 0.455. The maximum atomic E-state index is 9.68. The molecule has 4 aromatic carbocycles. The van der Waals surface area contributed by atoms with Gasteiger partial charge in [-0.1, -0.05) is 140 Å². The molecule has 5 unspecified atom stereocenters. The molecule has 0 spiro atoms. The van der Waals surface area contributed by atoms with Crippen LogP contribution in [0.4, 0.5) is 0 Å². The van der Waals surface area contributed by atoms with Gasteiger partial charge < -0.3 is 37.9 Å². The van der Waals surface area contributed by atoms with Gasteiger partial charge >= 0.3 is 0 Å². The summed E-state index contributed by atoms with van der Waals surface area (Å²) in [7, 11) is 0. The molecule has 292 valence electrons. The van der Waals surface area contributed by atoms with E-state index < -0.39 is 48.6 Å². The lowest BCUT2D eigenvalue weighted by molar-refractivity contribution is -0.329. The van der Waals surface area contributed by atoms with Gasteiger partial charge in [-0.3, -0.25) is 0 Å². The van der Waals surface area contributed by atoms with E-state index in [1.54, 1.807) is 0 Å². The first-order chi connectivity index (χ1) is 26.9. The second-order valence-corrected chi connectivity index (χ2v) is 14.4. The van der Waals surface area contributed by atoms with Crippen LogP contribution in [0.15, 0.2) is 126 Å². The van der Waals surface area contributed by atoms with Crippen molar-refractivity contribution in [3.8, 4) is 0 Å². The summed E-state index contributed by atoms with van der Waals surface area (Å²) in [5.41, 5.74) is 13.7. The molecule has 0 amide bonds. The Morgan fingerprint density at radius 2 is 1.13 bits per heavy atom. The number of hydrogen-bond donors (Lipinski definition) is 0. The molecule has 8 atom stereocenters. The number of hydrogen-bond acceptors (Lipinski definition) is 9. The summed E-state index contributed by atoms with van der Waals surface area (Å²) in [5.74, 6) is -0.836. The van der Waals surface area contributed by atoms with Gasteiger partial charge in [0.2, 0.25) is 0 Å². The molecule has 4 aromatic rings. The van der Waals surface area contributed by atoms with Crippen LogP contribution < -0.4 is 0 Å². The van der Waals surface area contributed by atoms with E-state index in [0.29, 0.717) is 19.8 Å². The summed E-state index contributed by atoms with van der Waals surface area (Å²) < 4.78 is 52.7. The molecule has 2 saturated heterocycles. The van der Waals surface area contributed by atoms with Gasteiger partial charge in [0.05, 0.1) is 57.9 Å². The van der Waals surface area contributed by atoms with E-state index in [2.05, 4.69) is 16.9 Å². The lowest BCUT2D eigenvalue weighted by Crippen LogP contribution is -2.62. The van der Waals surface area contributed by atoms with Gasteiger partial charge in [-0.25, -0.2) is 0 Å². The molecule has 11 heteroatoms. The molecule has 0 saturated carbocycles. The van der Waals surface area contributed by atoms with E-state index in [1.165, 1.54) is 0 Å². The average molecular weight is 752 g/mol. The van der Waals surface area contributed by atoms with Crippen molar-refractivity contribution in [1.29, 1.82) is 0 Å². The second-order valence-electron chi connectivity index (χ2n) is 14.4. The molecule has 0 aromatic heterocycles. The van der Waals surface area contributed by atoms with E-state index in [0.717, 1.165) is 35.1 Å². The van der Waals surface area contributed by atoms with Crippen LogP contribution in [0.1, 0.15) is 55.9 Å². The second kappa shape index (κ2) is 20.7. The van der Waals surface area contributed by atoms with Crippen molar-refractivity contribution in [1.82, 2.24) is 0 Å². The van der Waals surface area contributed by atoms with Crippen molar-refractivity contribution >= 4 is 0 Å². The Bertz CT molecular complexity index is 1730. The summed E-state index contributed by atoms with van der Waals surface area (Å²) in [6.07, 6.45) is -2.78. The van der Waals surface area contributed by atoms with Gasteiger partial charge in [0, 0.05) is 4.91 Å². The summed E-state index contributed by atoms with van der Waals surface area (Å²) in [5, 5.41) is 4.16. The van der Waals surface area contributed by atoms with Crippen LogP contribution in [0, 0.1) is 0 Å². The number of nitrogens with zero attached hydrogens (tertiary/aromatic N) is 3. The van der Waals surface area contributed by atoms with Crippen LogP contribution in [0.25, 0.3) is 10.4 Å². The Kier molecular flexibility index (Phi) is 15.2. The minimum atomic E-state index is -0.956. The van der Waals surface area contributed by atoms with Gasteiger partial charge in [0.25, 0.3) is 0 Å². The van der Waals surface area contributed by atoms with Crippen molar-refractivity contribution in [2.75, 3.05) is 13.2 Å². The molecule has 0 aliphatic carbocycles. The molecule has 2 aliphatic rings. The molecule has 2 fully saturated rings. The van der Waals surface area contributed by atoms with Crippen LogP contribution in [0.2, 0.25) is 0 Å². The van der Waals surface area contributed by atoms with Crippen LogP contribution in [0.5, 0.6) is 0 Å². The zero-order chi connectivity index (χ0) is 38.3. The fourth-order valence-electron chi connectivity index (χ4n) is 7.03. The lowest BCUT2D eigenvalue weighted by Gasteiger charge is -2.46. The SMILES string of the molecule is CCC[C@H]1OC(C)(C)O[C@H]1[C@@H](COC1OC(COCc2ccccc2)C(OCc2ccccc2)C(OCc2ccccc2)C1OCc1ccccc1)N=[N+]=[N-]. The monoisotopic (exact) mass is 751 g/mol. The number of rotatable bonds is 20. The van der Waals surface area contributed by atoms with Gasteiger partial charge in [-0.15, -0.1) is 0 Å². The molecule has 11 nitrogen and oxygen atoms in total. The summed E-state index contributed by atoms with van der Waals surface area (Å²) >= 11 is 0. The first kappa shape index (κ1) is 40.5. The minimum Gasteiger partial charge on any atom is -0.374 e. The van der Waals surface area contributed by atoms with E-state index in [9.17, 15) is 5.53 Å². The van der Waals surface area contributed by atoms with Crippen molar-refractivity contribution in [2.24, 2.45) is 5.11 Å². The highest BCUT2D eigenvalue weighted by Gasteiger charge is 2.50. The molecule has 55 heavy (non-hydrogen) atoms. The average Bonchev–Trinajstić information content (AvgIpc) is 3.52. The predicted octanol–water partition coefficient (Wildman–Crippen LogP) is 8.70. The molecule has 6 rings (SSSR count). The first-order valence-corrected chi connectivity index (χ1v) is 19.2. The van der Waals surface area contributed by atoms with Crippen molar-refractivity contribution in [3.05, 3.63) is 154 Å². The molecule has 0 bridgehead atoms. The number of ether oxygens (including phenoxy) is 8. The fourth-order valence-corrected chi connectivity index (χ4v) is 7.03. The highest BCUT2D eigenvalue weighted by Crippen LogP contribution is 2.35. The van der Waals surface area contributed by atoms with E-state index in [4.69, 9.17) is 37.9 Å². The Hall–Kier alpha value is -4.13. The Labute approximate surface area is 324 Å². The molecular weight excluding hydrogens is 698 g/mol. The quantitative estimate of drug-likeness (QED) is 0.0500. The number of azide groups is 1. The zero-order valence-corrected chi connectivity index (χ0v) is 31.9. The highest BCUT2D eigenvalue weighted by atomic mass is 16.8. The summed E-state index contributed by atoms with van der Waals surface area (Å²) in [6, 6.07) is 39.2. The zero-order valence-electron chi connectivity index (χ0n) is 31.9. The van der Waals surface area contributed by atoms with Gasteiger partial charge in [0.15, 0.2) is 12.1 Å². The molecule has 0 N–H and O–H groups in total. The first-order valence-electron chi connectivity index (χ1n) is 19.2. The Morgan fingerprint density at radius 3 is 1.64 bits per heavy atom. The van der Waals surface area contributed by atoms with Crippen LogP contribution in [-0.4, -0.2) is 68.0 Å². The van der Waals surface area contributed by atoms with Crippen molar-refractivity contribution in [2.45, 2.75) is 115 Å². The molecule has 0 radical (unpaired) electrons. The van der Waals surface area contributed by atoms with Crippen LogP contribution in [-0.2, 0) is 64.3 Å². The largest absolute Gasteiger partial charge is 0.374 e. The smallest absolute Gasteiger partial charge is 0.186 e. The normalized spacial score (nSPS) is 25.3. The summed E-state index contributed by atoms with van der Waals surface area (Å²) in [6.45, 7) is 7.27.